The van der Waals surface area contributed by atoms with Crippen LogP contribution in [0.1, 0.15) is 27.9 Å². The number of carbonyl (C=O) groups is 2. The van der Waals surface area contributed by atoms with Crippen molar-refractivity contribution in [2.24, 2.45) is 0 Å². The van der Waals surface area contributed by atoms with E-state index < -0.39 is 5.97 Å². The Morgan fingerprint density at radius 2 is 1.92 bits per heavy atom. The first kappa shape index (κ1) is 18.8. The van der Waals surface area contributed by atoms with Crippen LogP contribution in [0.5, 0.6) is 5.75 Å². The fourth-order valence-electron chi connectivity index (χ4n) is 2.21. The van der Waals surface area contributed by atoms with Gasteiger partial charge in [0, 0.05) is 0 Å². The summed E-state index contributed by atoms with van der Waals surface area (Å²) in [6.45, 7) is 4.22. The first-order valence-corrected chi connectivity index (χ1v) is 8.17. The molecular formula is C19H20ClNO4. The topological polar surface area (TPSA) is 64.6 Å². The molecule has 1 amide bonds. The van der Waals surface area contributed by atoms with E-state index in [0.717, 1.165) is 16.9 Å². The number of halogens is 1. The summed E-state index contributed by atoms with van der Waals surface area (Å²) in [5, 5.41) is 3.03. The summed E-state index contributed by atoms with van der Waals surface area (Å²) in [6, 6.07) is 10.3. The van der Waals surface area contributed by atoms with Crippen molar-refractivity contribution in [3.8, 4) is 5.75 Å². The first-order chi connectivity index (χ1) is 11.9. The van der Waals surface area contributed by atoms with Gasteiger partial charge in [0.25, 0.3) is 0 Å². The van der Waals surface area contributed by atoms with Crippen LogP contribution in [-0.2, 0) is 9.53 Å². The summed E-state index contributed by atoms with van der Waals surface area (Å²) in [5.41, 5.74) is 2.86. The van der Waals surface area contributed by atoms with E-state index in [4.69, 9.17) is 16.3 Å². The molecule has 1 N–H and O–H groups in total. The molecule has 6 heteroatoms. The van der Waals surface area contributed by atoms with Gasteiger partial charge in [-0.1, -0.05) is 23.7 Å². The Morgan fingerprint density at radius 3 is 2.64 bits per heavy atom. The summed E-state index contributed by atoms with van der Waals surface area (Å²) in [6.07, 6.45) is 0.159. The van der Waals surface area contributed by atoms with Crippen LogP contribution in [0.25, 0.3) is 0 Å². The van der Waals surface area contributed by atoms with Crippen LogP contribution in [0.15, 0.2) is 36.4 Å². The highest BCUT2D eigenvalue weighted by atomic mass is 35.5. The Labute approximate surface area is 151 Å². The van der Waals surface area contributed by atoms with Crippen molar-refractivity contribution in [3.05, 3.63) is 58.1 Å². The second-order valence-corrected chi connectivity index (χ2v) is 5.94. The summed E-state index contributed by atoms with van der Waals surface area (Å²) in [7, 11) is 1.29. The number of hydrogen-bond acceptors (Lipinski definition) is 4. The van der Waals surface area contributed by atoms with E-state index in [1.807, 2.05) is 32.0 Å². The molecule has 0 aliphatic rings. The zero-order chi connectivity index (χ0) is 18.4. The maximum absolute atomic E-state index is 12.1. The first-order valence-electron chi connectivity index (χ1n) is 7.79. The monoisotopic (exact) mass is 361 g/mol. The highest BCUT2D eigenvalue weighted by Crippen LogP contribution is 2.24. The van der Waals surface area contributed by atoms with Gasteiger partial charge in [-0.05, 0) is 49.2 Å². The van der Waals surface area contributed by atoms with E-state index in [-0.39, 0.29) is 18.9 Å². The van der Waals surface area contributed by atoms with Crippen molar-refractivity contribution in [1.82, 2.24) is 0 Å². The molecule has 25 heavy (non-hydrogen) atoms. The Morgan fingerprint density at radius 1 is 1.16 bits per heavy atom. The standard InChI is InChI=1S/C19H20ClNO4/c1-12-5-4-6-17(13(12)2)25-10-9-18(22)21-16-11-14(19(23)24-3)7-8-15(16)20/h4-8,11H,9-10H2,1-3H3,(H,21,22). The molecule has 0 aliphatic carbocycles. The minimum absolute atomic E-state index is 0.159. The summed E-state index contributed by atoms with van der Waals surface area (Å²) >= 11 is 6.06. The second kappa shape index (κ2) is 8.53. The maximum Gasteiger partial charge on any atom is 0.337 e. The Hall–Kier alpha value is -2.53. The maximum atomic E-state index is 12.1. The van der Waals surface area contributed by atoms with Crippen LogP contribution < -0.4 is 10.1 Å². The number of amides is 1. The lowest BCUT2D eigenvalue weighted by molar-refractivity contribution is -0.116. The van der Waals surface area contributed by atoms with E-state index in [2.05, 4.69) is 10.1 Å². The smallest absolute Gasteiger partial charge is 0.337 e. The van der Waals surface area contributed by atoms with Crippen molar-refractivity contribution < 1.29 is 19.1 Å². The molecule has 0 saturated heterocycles. The van der Waals surface area contributed by atoms with Gasteiger partial charge in [-0.3, -0.25) is 4.79 Å². The van der Waals surface area contributed by atoms with Gasteiger partial charge in [0.05, 0.1) is 36.4 Å². The van der Waals surface area contributed by atoms with Gasteiger partial charge in [-0.25, -0.2) is 4.79 Å². The predicted octanol–water partition coefficient (Wildman–Crippen LogP) is 4.15. The molecule has 0 heterocycles. The van der Waals surface area contributed by atoms with Crippen LogP contribution in [0.3, 0.4) is 0 Å². The molecule has 132 valence electrons. The van der Waals surface area contributed by atoms with E-state index in [0.29, 0.717) is 16.3 Å². The number of aryl methyl sites for hydroxylation is 1. The van der Waals surface area contributed by atoms with Gasteiger partial charge in [0.1, 0.15) is 5.75 Å². The largest absolute Gasteiger partial charge is 0.493 e. The molecule has 0 bridgehead atoms. The number of carbonyl (C=O) groups excluding carboxylic acids is 2. The van der Waals surface area contributed by atoms with Crippen molar-refractivity contribution >= 4 is 29.2 Å². The number of rotatable bonds is 6. The van der Waals surface area contributed by atoms with Gasteiger partial charge < -0.3 is 14.8 Å². The number of esters is 1. The van der Waals surface area contributed by atoms with E-state index in [9.17, 15) is 9.59 Å². The average Bonchev–Trinajstić information content (AvgIpc) is 2.60. The Balaban J connectivity index is 1.94. The van der Waals surface area contributed by atoms with Crippen LogP contribution >= 0.6 is 11.6 Å². The van der Waals surface area contributed by atoms with Gasteiger partial charge in [0.15, 0.2) is 0 Å². The zero-order valence-electron chi connectivity index (χ0n) is 14.4. The third kappa shape index (κ3) is 4.97. The average molecular weight is 362 g/mol. The van der Waals surface area contributed by atoms with E-state index >= 15 is 0 Å². The zero-order valence-corrected chi connectivity index (χ0v) is 15.1. The lowest BCUT2D eigenvalue weighted by Crippen LogP contribution is -2.16. The fourth-order valence-corrected chi connectivity index (χ4v) is 2.38. The van der Waals surface area contributed by atoms with Crippen molar-refractivity contribution in [1.29, 1.82) is 0 Å². The van der Waals surface area contributed by atoms with Crippen LogP contribution in [0.2, 0.25) is 5.02 Å². The molecule has 0 aliphatic heterocycles. The van der Waals surface area contributed by atoms with Gasteiger partial charge >= 0.3 is 5.97 Å². The van der Waals surface area contributed by atoms with Crippen LogP contribution in [0.4, 0.5) is 5.69 Å². The second-order valence-electron chi connectivity index (χ2n) is 5.53. The number of hydrogen-bond donors (Lipinski definition) is 1. The third-order valence-corrected chi connectivity index (χ3v) is 4.13. The SMILES string of the molecule is COC(=O)c1ccc(Cl)c(NC(=O)CCOc2cccc(C)c2C)c1. The fraction of sp³-hybridized carbons (Fsp3) is 0.263. The summed E-state index contributed by atoms with van der Waals surface area (Å²) < 4.78 is 10.3. The van der Waals surface area contributed by atoms with E-state index in [1.165, 1.54) is 25.3 Å². The minimum atomic E-state index is -0.495. The lowest BCUT2D eigenvalue weighted by atomic mass is 10.1. The van der Waals surface area contributed by atoms with Gasteiger partial charge in [-0.2, -0.15) is 0 Å². The predicted molar refractivity (Wildman–Crippen MR) is 97.4 cm³/mol. The molecule has 0 radical (unpaired) electrons. The molecule has 0 fully saturated rings. The summed E-state index contributed by atoms with van der Waals surface area (Å²) in [4.78, 5) is 23.6. The quantitative estimate of drug-likeness (QED) is 0.785. The Kier molecular flexibility index (Phi) is 6.42. The highest BCUT2D eigenvalue weighted by Gasteiger charge is 2.11. The Bertz CT molecular complexity index is 789. The lowest BCUT2D eigenvalue weighted by Gasteiger charge is -2.12. The number of nitrogens with one attached hydrogen (secondary N) is 1. The van der Waals surface area contributed by atoms with Gasteiger partial charge in [-0.15, -0.1) is 0 Å². The van der Waals surface area contributed by atoms with Crippen LogP contribution in [-0.4, -0.2) is 25.6 Å². The molecule has 2 rings (SSSR count). The molecular weight excluding hydrogens is 342 g/mol. The van der Waals surface area contributed by atoms with Crippen LogP contribution in [0, 0.1) is 13.8 Å². The molecule has 2 aromatic carbocycles. The van der Waals surface area contributed by atoms with E-state index in [1.54, 1.807) is 0 Å². The number of anilines is 1. The molecule has 0 unspecified atom stereocenters. The van der Waals surface area contributed by atoms with Crippen molar-refractivity contribution in [3.63, 3.8) is 0 Å². The van der Waals surface area contributed by atoms with Gasteiger partial charge in [0.2, 0.25) is 5.91 Å². The molecule has 5 nitrogen and oxygen atoms in total. The molecule has 0 aromatic heterocycles. The third-order valence-electron chi connectivity index (χ3n) is 3.80. The molecule has 0 spiro atoms. The molecule has 0 saturated carbocycles. The number of ether oxygens (including phenoxy) is 2. The highest BCUT2D eigenvalue weighted by molar-refractivity contribution is 6.33. The number of benzene rings is 2. The van der Waals surface area contributed by atoms with Crippen molar-refractivity contribution in [2.45, 2.75) is 20.3 Å². The van der Waals surface area contributed by atoms with Crippen molar-refractivity contribution in [2.75, 3.05) is 19.0 Å². The molecule has 2 aromatic rings. The molecule has 0 atom stereocenters. The number of methoxy groups -OCH3 is 1. The summed E-state index contributed by atoms with van der Waals surface area (Å²) in [5.74, 6) is 0.0122. The normalized spacial score (nSPS) is 10.2. The minimum Gasteiger partial charge on any atom is -0.493 e.